The van der Waals surface area contributed by atoms with Gasteiger partial charge in [0.15, 0.2) is 0 Å². The number of nitrogens with zero attached hydrogens (tertiary/aromatic N) is 1. The van der Waals surface area contributed by atoms with E-state index in [1.54, 1.807) is 14.0 Å². The fourth-order valence-corrected chi connectivity index (χ4v) is 2.32. The van der Waals surface area contributed by atoms with Gasteiger partial charge in [0.25, 0.3) is 0 Å². The second kappa shape index (κ2) is 6.04. The van der Waals surface area contributed by atoms with Gasteiger partial charge in [-0.15, -0.1) is 0 Å². The highest BCUT2D eigenvalue weighted by atomic mass is 16.4. The number of amides is 2. The lowest BCUT2D eigenvalue weighted by Gasteiger charge is -2.33. The standard InChI is InChI=1S/C12H22N2O4/c1-9(8-15)14(2)11(18)13-12(7-10(16)17)5-3-4-6-12/h9,15H,3-8H2,1-2H3,(H,13,18)(H,16,17). The first-order chi connectivity index (χ1) is 8.40. The highest BCUT2D eigenvalue weighted by Crippen LogP contribution is 2.32. The topological polar surface area (TPSA) is 89.9 Å². The number of rotatable bonds is 5. The molecule has 1 aliphatic carbocycles. The van der Waals surface area contributed by atoms with Crippen LogP contribution in [0.15, 0.2) is 0 Å². The average molecular weight is 258 g/mol. The number of carbonyl (C=O) groups is 2. The predicted molar refractivity (Wildman–Crippen MR) is 66.3 cm³/mol. The van der Waals surface area contributed by atoms with E-state index in [-0.39, 0.29) is 25.1 Å². The van der Waals surface area contributed by atoms with Gasteiger partial charge in [-0.2, -0.15) is 0 Å². The molecule has 0 aliphatic heterocycles. The highest BCUT2D eigenvalue weighted by molar-refractivity contribution is 5.77. The van der Waals surface area contributed by atoms with Gasteiger partial charge in [0.2, 0.25) is 0 Å². The first-order valence-electron chi connectivity index (χ1n) is 6.28. The van der Waals surface area contributed by atoms with Crippen LogP contribution in [0.3, 0.4) is 0 Å². The number of nitrogens with one attached hydrogen (secondary N) is 1. The molecule has 1 saturated carbocycles. The monoisotopic (exact) mass is 258 g/mol. The Kier molecular flexibility index (Phi) is 4.95. The van der Waals surface area contributed by atoms with Crippen molar-refractivity contribution in [2.45, 2.75) is 50.6 Å². The molecule has 6 nitrogen and oxygen atoms in total. The van der Waals surface area contributed by atoms with Crippen LogP contribution in [-0.2, 0) is 4.79 Å². The maximum absolute atomic E-state index is 12.0. The molecule has 0 aromatic rings. The molecule has 1 aliphatic rings. The molecule has 1 unspecified atom stereocenters. The van der Waals surface area contributed by atoms with Crippen LogP contribution in [0.25, 0.3) is 0 Å². The van der Waals surface area contributed by atoms with E-state index in [1.165, 1.54) is 4.90 Å². The molecule has 0 radical (unpaired) electrons. The van der Waals surface area contributed by atoms with Crippen LogP contribution in [0.5, 0.6) is 0 Å². The number of carboxylic acids is 1. The van der Waals surface area contributed by atoms with Crippen molar-refractivity contribution in [3.05, 3.63) is 0 Å². The number of hydrogen-bond acceptors (Lipinski definition) is 3. The Morgan fingerprint density at radius 2 is 1.94 bits per heavy atom. The van der Waals surface area contributed by atoms with E-state index in [0.29, 0.717) is 12.8 Å². The summed E-state index contributed by atoms with van der Waals surface area (Å²) in [5.74, 6) is -0.893. The van der Waals surface area contributed by atoms with E-state index < -0.39 is 11.5 Å². The van der Waals surface area contributed by atoms with E-state index in [9.17, 15) is 9.59 Å². The molecule has 3 N–H and O–H groups in total. The number of aliphatic carboxylic acids is 1. The van der Waals surface area contributed by atoms with E-state index >= 15 is 0 Å². The quantitative estimate of drug-likeness (QED) is 0.680. The third-order valence-corrected chi connectivity index (χ3v) is 3.67. The molecule has 0 heterocycles. The fraction of sp³-hybridized carbons (Fsp3) is 0.833. The number of urea groups is 1. The SMILES string of the molecule is CC(CO)N(C)C(=O)NC1(CC(=O)O)CCCC1. The molecule has 0 saturated heterocycles. The summed E-state index contributed by atoms with van der Waals surface area (Å²) in [5, 5.41) is 20.8. The number of aliphatic hydroxyl groups is 1. The molecule has 104 valence electrons. The van der Waals surface area contributed by atoms with Gasteiger partial charge >= 0.3 is 12.0 Å². The zero-order chi connectivity index (χ0) is 13.8. The summed E-state index contributed by atoms with van der Waals surface area (Å²) >= 11 is 0. The third kappa shape index (κ3) is 3.60. The molecule has 6 heteroatoms. The van der Waals surface area contributed by atoms with Crippen LogP contribution in [-0.4, -0.2) is 52.3 Å². The van der Waals surface area contributed by atoms with Gasteiger partial charge in [0, 0.05) is 7.05 Å². The maximum atomic E-state index is 12.0. The second-order valence-corrected chi connectivity index (χ2v) is 5.13. The van der Waals surface area contributed by atoms with Crippen molar-refractivity contribution in [2.24, 2.45) is 0 Å². The Bertz CT molecular complexity index is 313. The summed E-state index contributed by atoms with van der Waals surface area (Å²) in [7, 11) is 1.60. The maximum Gasteiger partial charge on any atom is 0.317 e. The minimum Gasteiger partial charge on any atom is -0.481 e. The van der Waals surface area contributed by atoms with E-state index in [1.807, 2.05) is 0 Å². The van der Waals surface area contributed by atoms with Gasteiger partial charge in [0.1, 0.15) is 0 Å². The first kappa shape index (κ1) is 14.8. The lowest BCUT2D eigenvalue weighted by atomic mass is 9.93. The molecule has 0 bridgehead atoms. The van der Waals surface area contributed by atoms with Crippen LogP contribution >= 0.6 is 0 Å². The van der Waals surface area contributed by atoms with Crippen molar-refractivity contribution < 1.29 is 19.8 Å². The molecule has 1 atom stereocenters. The predicted octanol–water partition coefficient (Wildman–Crippen LogP) is 0.796. The fourth-order valence-electron chi connectivity index (χ4n) is 2.32. The van der Waals surface area contributed by atoms with Crippen LogP contribution in [0, 0.1) is 0 Å². The molecule has 1 rings (SSSR count). The van der Waals surface area contributed by atoms with Crippen LogP contribution < -0.4 is 5.32 Å². The van der Waals surface area contributed by atoms with Crippen molar-refractivity contribution in [3.8, 4) is 0 Å². The molecule has 18 heavy (non-hydrogen) atoms. The van der Waals surface area contributed by atoms with Crippen molar-refractivity contribution in [2.75, 3.05) is 13.7 Å². The average Bonchev–Trinajstić information content (AvgIpc) is 2.74. The highest BCUT2D eigenvalue weighted by Gasteiger charge is 2.38. The minimum absolute atomic E-state index is 0.0416. The van der Waals surface area contributed by atoms with E-state index in [0.717, 1.165) is 12.8 Å². The Morgan fingerprint density at radius 3 is 2.39 bits per heavy atom. The smallest absolute Gasteiger partial charge is 0.317 e. The Balaban J connectivity index is 2.66. The van der Waals surface area contributed by atoms with Gasteiger partial charge in [0.05, 0.1) is 24.6 Å². The molecule has 2 amide bonds. The number of carbonyl (C=O) groups excluding carboxylic acids is 1. The lowest BCUT2D eigenvalue weighted by Crippen LogP contribution is -2.54. The van der Waals surface area contributed by atoms with Gasteiger partial charge in [-0.3, -0.25) is 4.79 Å². The second-order valence-electron chi connectivity index (χ2n) is 5.13. The summed E-state index contributed by atoms with van der Waals surface area (Å²) in [6.45, 7) is 1.62. The number of likely N-dealkylation sites (N-methyl/N-ethyl adjacent to an activating group) is 1. The van der Waals surface area contributed by atoms with Gasteiger partial charge in [-0.25, -0.2) is 4.79 Å². The zero-order valence-corrected chi connectivity index (χ0v) is 11.0. The Hall–Kier alpha value is -1.30. The molecular weight excluding hydrogens is 236 g/mol. The van der Waals surface area contributed by atoms with E-state index in [2.05, 4.69) is 5.32 Å². The van der Waals surface area contributed by atoms with Gasteiger partial charge in [-0.05, 0) is 19.8 Å². The molecule has 1 fully saturated rings. The third-order valence-electron chi connectivity index (χ3n) is 3.67. The first-order valence-corrected chi connectivity index (χ1v) is 6.28. The van der Waals surface area contributed by atoms with E-state index in [4.69, 9.17) is 10.2 Å². The van der Waals surface area contributed by atoms with Crippen molar-refractivity contribution in [1.29, 1.82) is 0 Å². The molecule has 0 aromatic heterocycles. The summed E-state index contributed by atoms with van der Waals surface area (Å²) in [6, 6.07) is -0.604. The van der Waals surface area contributed by atoms with Gasteiger partial charge in [-0.1, -0.05) is 12.8 Å². The minimum atomic E-state index is -0.893. The summed E-state index contributed by atoms with van der Waals surface area (Å²) < 4.78 is 0. The van der Waals surface area contributed by atoms with Crippen LogP contribution in [0.4, 0.5) is 4.79 Å². The zero-order valence-electron chi connectivity index (χ0n) is 11.0. The van der Waals surface area contributed by atoms with Gasteiger partial charge < -0.3 is 20.4 Å². The number of aliphatic hydroxyl groups excluding tert-OH is 1. The molecule has 0 aromatic carbocycles. The van der Waals surface area contributed by atoms with Crippen molar-refractivity contribution >= 4 is 12.0 Å². The summed E-state index contributed by atoms with van der Waals surface area (Å²) in [6.07, 6.45) is 3.23. The molecule has 0 spiro atoms. The summed E-state index contributed by atoms with van der Waals surface area (Å²) in [5.41, 5.74) is -0.619. The van der Waals surface area contributed by atoms with Crippen molar-refractivity contribution in [3.63, 3.8) is 0 Å². The van der Waals surface area contributed by atoms with Crippen LogP contribution in [0.1, 0.15) is 39.0 Å². The van der Waals surface area contributed by atoms with Crippen molar-refractivity contribution in [1.82, 2.24) is 10.2 Å². The Morgan fingerprint density at radius 1 is 1.39 bits per heavy atom. The number of carboxylic acid groups (broad SMARTS) is 1. The number of hydrogen-bond donors (Lipinski definition) is 3. The normalized spacial score (nSPS) is 19.3. The molecular formula is C12H22N2O4. The lowest BCUT2D eigenvalue weighted by molar-refractivity contribution is -0.138. The van der Waals surface area contributed by atoms with Crippen LogP contribution in [0.2, 0.25) is 0 Å². The Labute approximate surface area is 107 Å². The summed E-state index contributed by atoms with van der Waals surface area (Å²) in [4.78, 5) is 24.3. The largest absolute Gasteiger partial charge is 0.481 e.